The van der Waals surface area contributed by atoms with E-state index in [1.54, 1.807) is 33.8 Å². The van der Waals surface area contributed by atoms with Crippen LogP contribution in [0.2, 0.25) is 0 Å². The number of hydrogen-bond acceptors (Lipinski definition) is 4. The maximum Gasteiger partial charge on any atom is 0.408 e. The van der Waals surface area contributed by atoms with Gasteiger partial charge in [-0.2, -0.15) is 0 Å². The molecule has 1 heterocycles. The zero-order chi connectivity index (χ0) is 17.9. The first-order chi connectivity index (χ1) is 11.2. The number of halogens is 1. The van der Waals surface area contributed by atoms with Crippen LogP contribution in [0.3, 0.4) is 0 Å². The number of pyridine rings is 1. The number of anilines is 1. The molecule has 2 N–H and O–H groups in total. The van der Waals surface area contributed by atoms with Gasteiger partial charge in [-0.3, -0.25) is 4.79 Å². The number of aromatic nitrogens is 1. The van der Waals surface area contributed by atoms with Gasteiger partial charge in [-0.05, 0) is 55.1 Å². The first kappa shape index (κ1) is 18.2. The SMILES string of the molecule is C[C@H](NC(=O)OC(C)(C)C)C(=O)Nc1cc2ccccc2c(Br)n1. The Balaban J connectivity index is 2.05. The number of alkyl carbamates (subject to hydrolysis) is 1. The third-order valence-corrected chi connectivity index (χ3v) is 3.68. The van der Waals surface area contributed by atoms with Gasteiger partial charge in [-0.25, -0.2) is 9.78 Å². The molecule has 2 rings (SSSR count). The first-order valence-electron chi connectivity index (χ1n) is 7.51. The maximum atomic E-state index is 12.2. The molecule has 0 spiro atoms. The number of fused-ring (bicyclic) bond motifs is 1. The van der Waals surface area contributed by atoms with Crippen molar-refractivity contribution in [1.29, 1.82) is 0 Å². The van der Waals surface area contributed by atoms with Gasteiger partial charge in [-0.15, -0.1) is 0 Å². The fraction of sp³-hybridized carbons (Fsp3) is 0.353. The van der Waals surface area contributed by atoms with Crippen molar-refractivity contribution < 1.29 is 14.3 Å². The van der Waals surface area contributed by atoms with E-state index in [4.69, 9.17) is 4.74 Å². The number of nitrogens with zero attached hydrogens (tertiary/aromatic N) is 1. The van der Waals surface area contributed by atoms with E-state index in [0.29, 0.717) is 10.4 Å². The second kappa shape index (κ2) is 7.17. The molecule has 0 bridgehead atoms. The minimum atomic E-state index is -0.758. The zero-order valence-electron chi connectivity index (χ0n) is 14.0. The van der Waals surface area contributed by atoms with Gasteiger partial charge in [0.2, 0.25) is 5.91 Å². The first-order valence-corrected chi connectivity index (χ1v) is 8.31. The van der Waals surface area contributed by atoms with Crippen molar-refractivity contribution in [3.8, 4) is 0 Å². The lowest BCUT2D eigenvalue weighted by Crippen LogP contribution is -2.44. The summed E-state index contributed by atoms with van der Waals surface area (Å²) in [7, 11) is 0. The topological polar surface area (TPSA) is 80.3 Å². The summed E-state index contributed by atoms with van der Waals surface area (Å²) in [6, 6.07) is 8.71. The molecule has 0 aliphatic heterocycles. The van der Waals surface area contributed by atoms with Gasteiger partial charge in [-0.1, -0.05) is 24.3 Å². The van der Waals surface area contributed by atoms with E-state index < -0.39 is 17.7 Å². The smallest absolute Gasteiger partial charge is 0.408 e. The van der Waals surface area contributed by atoms with Gasteiger partial charge in [0.15, 0.2) is 0 Å². The van der Waals surface area contributed by atoms with Crippen molar-refractivity contribution in [1.82, 2.24) is 10.3 Å². The van der Waals surface area contributed by atoms with Gasteiger partial charge < -0.3 is 15.4 Å². The van der Waals surface area contributed by atoms with E-state index in [2.05, 4.69) is 31.5 Å². The molecule has 0 unspecified atom stereocenters. The molecule has 1 aromatic carbocycles. The Bertz CT molecular complexity index is 771. The molecule has 2 amide bonds. The number of amides is 2. The molecule has 7 heteroatoms. The van der Waals surface area contributed by atoms with E-state index in [0.717, 1.165) is 10.8 Å². The van der Waals surface area contributed by atoms with Crippen molar-refractivity contribution in [3.05, 3.63) is 34.9 Å². The normalized spacial score (nSPS) is 12.5. The molecule has 0 aliphatic carbocycles. The standard InChI is InChI=1S/C17H20BrN3O3/c1-10(19-16(23)24-17(2,3)4)15(22)21-13-9-11-7-5-6-8-12(11)14(18)20-13/h5-10H,1-4H3,(H,19,23)(H,20,21,22)/t10-/m0/s1. The monoisotopic (exact) mass is 393 g/mol. The largest absolute Gasteiger partial charge is 0.444 e. The Morgan fingerprint density at radius 3 is 2.58 bits per heavy atom. The fourth-order valence-electron chi connectivity index (χ4n) is 2.00. The van der Waals surface area contributed by atoms with E-state index in [9.17, 15) is 9.59 Å². The molecule has 0 fully saturated rings. The molecule has 1 aromatic heterocycles. The fourth-order valence-corrected chi connectivity index (χ4v) is 2.56. The molecule has 6 nitrogen and oxygen atoms in total. The summed E-state index contributed by atoms with van der Waals surface area (Å²) in [5.41, 5.74) is -0.620. The van der Waals surface area contributed by atoms with Crippen LogP contribution in [0, 0.1) is 0 Å². The highest BCUT2D eigenvalue weighted by molar-refractivity contribution is 9.10. The minimum Gasteiger partial charge on any atom is -0.444 e. The lowest BCUT2D eigenvalue weighted by Gasteiger charge is -2.21. The molecule has 0 saturated heterocycles. The van der Waals surface area contributed by atoms with Crippen LogP contribution < -0.4 is 10.6 Å². The zero-order valence-corrected chi connectivity index (χ0v) is 15.6. The van der Waals surface area contributed by atoms with Crippen LogP contribution in [0.5, 0.6) is 0 Å². The second-order valence-electron chi connectivity index (χ2n) is 6.38. The van der Waals surface area contributed by atoms with Gasteiger partial charge in [0.1, 0.15) is 22.1 Å². The Morgan fingerprint density at radius 1 is 1.25 bits per heavy atom. The number of carbonyl (C=O) groups excluding carboxylic acids is 2. The van der Waals surface area contributed by atoms with Crippen LogP contribution in [0.1, 0.15) is 27.7 Å². The Labute approximate surface area is 149 Å². The molecular weight excluding hydrogens is 374 g/mol. The molecule has 2 aromatic rings. The lowest BCUT2D eigenvalue weighted by molar-refractivity contribution is -0.117. The Hall–Kier alpha value is -2.15. The molecule has 0 saturated carbocycles. The summed E-state index contributed by atoms with van der Waals surface area (Å²) in [5, 5.41) is 7.09. The molecule has 0 aliphatic rings. The molecule has 0 radical (unpaired) electrons. The number of rotatable bonds is 3. The van der Waals surface area contributed by atoms with Crippen LogP contribution in [0.15, 0.2) is 34.9 Å². The summed E-state index contributed by atoms with van der Waals surface area (Å²) < 4.78 is 5.77. The average Bonchev–Trinajstić information content (AvgIpc) is 2.45. The van der Waals surface area contributed by atoms with Crippen molar-refractivity contribution in [2.45, 2.75) is 39.3 Å². The second-order valence-corrected chi connectivity index (χ2v) is 7.13. The Morgan fingerprint density at radius 2 is 1.92 bits per heavy atom. The third kappa shape index (κ3) is 4.92. The molecule has 1 atom stereocenters. The molecular formula is C17H20BrN3O3. The van der Waals surface area contributed by atoms with E-state index >= 15 is 0 Å². The van der Waals surface area contributed by atoms with Crippen molar-refractivity contribution >= 4 is 44.5 Å². The Kier molecular flexibility index (Phi) is 5.43. The highest BCUT2D eigenvalue weighted by Crippen LogP contribution is 2.24. The van der Waals surface area contributed by atoms with Crippen LogP contribution in [0.4, 0.5) is 10.6 Å². The van der Waals surface area contributed by atoms with E-state index in [1.165, 1.54) is 0 Å². The van der Waals surface area contributed by atoms with Crippen LogP contribution in [-0.2, 0) is 9.53 Å². The average molecular weight is 394 g/mol. The number of nitrogens with one attached hydrogen (secondary N) is 2. The van der Waals surface area contributed by atoms with Crippen LogP contribution >= 0.6 is 15.9 Å². The van der Waals surface area contributed by atoms with E-state index in [1.807, 2.05) is 24.3 Å². The number of ether oxygens (including phenoxy) is 1. The van der Waals surface area contributed by atoms with Crippen molar-refractivity contribution in [3.63, 3.8) is 0 Å². The quantitative estimate of drug-likeness (QED) is 0.775. The van der Waals surface area contributed by atoms with Crippen molar-refractivity contribution in [2.75, 3.05) is 5.32 Å². The summed E-state index contributed by atoms with van der Waals surface area (Å²) in [4.78, 5) is 28.2. The van der Waals surface area contributed by atoms with Gasteiger partial charge in [0, 0.05) is 5.39 Å². The van der Waals surface area contributed by atoms with E-state index in [-0.39, 0.29) is 5.91 Å². The predicted molar refractivity (Wildman–Crippen MR) is 96.9 cm³/mol. The number of hydrogen-bond donors (Lipinski definition) is 2. The minimum absolute atomic E-state index is 0.379. The summed E-state index contributed by atoms with van der Waals surface area (Å²) >= 11 is 3.40. The third-order valence-electron chi connectivity index (χ3n) is 3.07. The number of carbonyl (C=O) groups is 2. The predicted octanol–water partition coefficient (Wildman–Crippen LogP) is 3.85. The lowest BCUT2D eigenvalue weighted by atomic mass is 10.2. The van der Waals surface area contributed by atoms with Crippen LogP contribution in [0.25, 0.3) is 10.8 Å². The van der Waals surface area contributed by atoms with Crippen molar-refractivity contribution in [2.24, 2.45) is 0 Å². The summed E-state index contributed by atoms with van der Waals surface area (Å²) in [6.45, 7) is 6.85. The van der Waals surface area contributed by atoms with Gasteiger partial charge >= 0.3 is 6.09 Å². The molecule has 128 valence electrons. The summed E-state index contributed by atoms with van der Waals surface area (Å²) in [5.74, 6) is 0.0268. The maximum absolute atomic E-state index is 12.2. The highest BCUT2D eigenvalue weighted by atomic mass is 79.9. The molecule has 24 heavy (non-hydrogen) atoms. The van der Waals surface area contributed by atoms with Crippen LogP contribution in [-0.4, -0.2) is 28.6 Å². The number of benzene rings is 1. The highest BCUT2D eigenvalue weighted by Gasteiger charge is 2.21. The van der Waals surface area contributed by atoms with Gasteiger partial charge in [0.25, 0.3) is 0 Å². The summed E-state index contributed by atoms with van der Waals surface area (Å²) in [6.07, 6.45) is -0.641. The van der Waals surface area contributed by atoms with Gasteiger partial charge in [0.05, 0.1) is 0 Å².